The average molecular weight is 290 g/mol. The molecule has 0 spiro atoms. The number of aliphatic hydroxyl groups is 1. The van der Waals surface area contributed by atoms with Gasteiger partial charge in [0.2, 0.25) is 0 Å². The number of ether oxygens (including phenoxy) is 2. The van der Waals surface area contributed by atoms with E-state index in [1.165, 1.54) is 24.8 Å². The van der Waals surface area contributed by atoms with E-state index in [9.17, 15) is 5.11 Å². The molecule has 1 aliphatic carbocycles. The minimum Gasteiger partial charge on any atom is -0.493 e. The Hall–Kier alpha value is -1.06. The first-order valence-corrected chi connectivity index (χ1v) is 8.35. The number of benzene rings is 1. The highest BCUT2D eigenvalue weighted by atomic mass is 16.5. The molecule has 2 atom stereocenters. The van der Waals surface area contributed by atoms with Crippen LogP contribution in [-0.2, 0) is 11.2 Å². The Labute approximate surface area is 127 Å². The Morgan fingerprint density at radius 2 is 2.10 bits per heavy atom. The van der Waals surface area contributed by atoms with Crippen LogP contribution in [0.25, 0.3) is 0 Å². The molecule has 3 heteroatoms. The first kappa shape index (κ1) is 14.9. The predicted molar refractivity (Wildman–Crippen MR) is 82.6 cm³/mol. The standard InChI is InChI=1S/C18H26O3/c1-2-20-18(13-7-4-3-5-8-13)16(19)15-10-6-9-14-11-12-21-17(14)15/h6,9-10,13,16,18-19H,2-5,7-8,11-12H2,1H3. The monoisotopic (exact) mass is 290 g/mol. The second kappa shape index (κ2) is 6.80. The average Bonchev–Trinajstić information content (AvgIpc) is 3.01. The molecule has 21 heavy (non-hydrogen) atoms. The fourth-order valence-electron chi connectivity index (χ4n) is 3.79. The molecule has 0 amide bonds. The number of para-hydroxylation sites is 1. The molecule has 1 aromatic carbocycles. The predicted octanol–water partition coefficient (Wildman–Crippen LogP) is 3.64. The van der Waals surface area contributed by atoms with Crippen LogP contribution in [0.2, 0.25) is 0 Å². The smallest absolute Gasteiger partial charge is 0.128 e. The van der Waals surface area contributed by atoms with E-state index < -0.39 is 6.10 Å². The van der Waals surface area contributed by atoms with Gasteiger partial charge in [-0.25, -0.2) is 0 Å². The van der Waals surface area contributed by atoms with Gasteiger partial charge in [0.05, 0.1) is 12.7 Å². The van der Waals surface area contributed by atoms with Gasteiger partial charge < -0.3 is 14.6 Å². The molecular formula is C18H26O3. The third kappa shape index (κ3) is 3.09. The zero-order valence-corrected chi connectivity index (χ0v) is 12.9. The number of hydrogen-bond donors (Lipinski definition) is 1. The third-order valence-electron chi connectivity index (χ3n) is 4.85. The van der Waals surface area contributed by atoms with Crippen LogP contribution in [0.15, 0.2) is 18.2 Å². The first-order chi connectivity index (χ1) is 10.3. The highest BCUT2D eigenvalue weighted by Crippen LogP contribution is 2.39. The van der Waals surface area contributed by atoms with E-state index in [1.54, 1.807) is 0 Å². The van der Waals surface area contributed by atoms with Gasteiger partial charge in [-0.3, -0.25) is 0 Å². The van der Waals surface area contributed by atoms with Gasteiger partial charge in [0.25, 0.3) is 0 Å². The van der Waals surface area contributed by atoms with Crippen LogP contribution in [0.4, 0.5) is 0 Å². The Morgan fingerprint density at radius 3 is 2.86 bits per heavy atom. The van der Waals surface area contributed by atoms with Crippen molar-refractivity contribution < 1.29 is 14.6 Å². The van der Waals surface area contributed by atoms with E-state index in [1.807, 2.05) is 19.1 Å². The van der Waals surface area contributed by atoms with E-state index in [0.717, 1.165) is 37.2 Å². The van der Waals surface area contributed by atoms with Crippen LogP contribution in [0, 0.1) is 5.92 Å². The van der Waals surface area contributed by atoms with Gasteiger partial charge in [-0.15, -0.1) is 0 Å². The third-order valence-corrected chi connectivity index (χ3v) is 4.85. The van der Waals surface area contributed by atoms with E-state index >= 15 is 0 Å². The van der Waals surface area contributed by atoms with Crippen molar-refractivity contribution in [3.05, 3.63) is 29.3 Å². The second-order valence-electron chi connectivity index (χ2n) is 6.20. The fourth-order valence-corrected chi connectivity index (χ4v) is 3.79. The number of aliphatic hydroxyl groups excluding tert-OH is 1. The molecule has 1 heterocycles. The van der Waals surface area contributed by atoms with E-state index in [4.69, 9.17) is 9.47 Å². The summed E-state index contributed by atoms with van der Waals surface area (Å²) >= 11 is 0. The Kier molecular flexibility index (Phi) is 4.81. The molecule has 2 unspecified atom stereocenters. The number of rotatable bonds is 5. The molecule has 0 radical (unpaired) electrons. The molecule has 0 aromatic heterocycles. The maximum Gasteiger partial charge on any atom is 0.128 e. The van der Waals surface area contributed by atoms with Crippen LogP contribution in [0.5, 0.6) is 5.75 Å². The largest absolute Gasteiger partial charge is 0.493 e. The molecule has 0 bridgehead atoms. The second-order valence-corrected chi connectivity index (χ2v) is 6.20. The van der Waals surface area contributed by atoms with Gasteiger partial charge in [0.15, 0.2) is 0 Å². The maximum atomic E-state index is 10.9. The SMILES string of the molecule is CCOC(C1CCCCC1)C(O)c1cccc2c1OCC2. The van der Waals surface area contributed by atoms with Gasteiger partial charge in [-0.05, 0) is 31.2 Å². The molecule has 1 aliphatic heterocycles. The zero-order valence-electron chi connectivity index (χ0n) is 12.9. The lowest BCUT2D eigenvalue weighted by atomic mass is 9.81. The van der Waals surface area contributed by atoms with Gasteiger partial charge in [-0.2, -0.15) is 0 Å². The van der Waals surface area contributed by atoms with Crippen molar-refractivity contribution >= 4 is 0 Å². The number of hydrogen-bond acceptors (Lipinski definition) is 3. The van der Waals surface area contributed by atoms with Crippen LogP contribution in [0.3, 0.4) is 0 Å². The van der Waals surface area contributed by atoms with E-state index in [-0.39, 0.29) is 6.10 Å². The topological polar surface area (TPSA) is 38.7 Å². The summed E-state index contributed by atoms with van der Waals surface area (Å²) in [6, 6.07) is 6.11. The molecular weight excluding hydrogens is 264 g/mol. The molecule has 1 N–H and O–H groups in total. The van der Waals surface area contributed by atoms with Crippen molar-refractivity contribution in [1.29, 1.82) is 0 Å². The maximum absolute atomic E-state index is 10.9. The molecule has 116 valence electrons. The molecule has 1 fully saturated rings. The van der Waals surface area contributed by atoms with Gasteiger partial charge in [0, 0.05) is 18.6 Å². The van der Waals surface area contributed by atoms with Crippen molar-refractivity contribution in [3.8, 4) is 5.75 Å². The normalized spacial score (nSPS) is 21.6. The summed E-state index contributed by atoms with van der Waals surface area (Å²) in [7, 11) is 0. The lowest BCUT2D eigenvalue weighted by Crippen LogP contribution is -2.32. The molecule has 1 aromatic rings. The molecule has 3 rings (SSSR count). The van der Waals surface area contributed by atoms with Gasteiger partial charge in [-0.1, -0.05) is 37.5 Å². The van der Waals surface area contributed by atoms with E-state index in [2.05, 4.69) is 6.07 Å². The van der Waals surface area contributed by atoms with Crippen LogP contribution >= 0.6 is 0 Å². The summed E-state index contributed by atoms with van der Waals surface area (Å²) in [4.78, 5) is 0. The van der Waals surface area contributed by atoms with Crippen molar-refractivity contribution in [2.24, 2.45) is 5.92 Å². The van der Waals surface area contributed by atoms with Crippen molar-refractivity contribution in [2.75, 3.05) is 13.2 Å². The summed E-state index contributed by atoms with van der Waals surface area (Å²) in [6.45, 7) is 3.38. The molecule has 3 nitrogen and oxygen atoms in total. The van der Waals surface area contributed by atoms with Crippen LogP contribution in [-0.4, -0.2) is 24.4 Å². The van der Waals surface area contributed by atoms with Crippen molar-refractivity contribution in [1.82, 2.24) is 0 Å². The minimum atomic E-state index is -0.582. The highest BCUT2D eigenvalue weighted by Gasteiger charge is 2.33. The Balaban J connectivity index is 1.83. The fraction of sp³-hybridized carbons (Fsp3) is 0.667. The summed E-state index contributed by atoms with van der Waals surface area (Å²) in [5.74, 6) is 1.36. The summed E-state index contributed by atoms with van der Waals surface area (Å²) in [6.07, 6.45) is 6.41. The van der Waals surface area contributed by atoms with Crippen LogP contribution < -0.4 is 4.74 Å². The summed E-state index contributed by atoms with van der Waals surface area (Å²) in [5.41, 5.74) is 2.12. The lowest BCUT2D eigenvalue weighted by molar-refractivity contribution is -0.0745. The lowest BCUT2D eigenvalue weighted by Gasteiger charge is -2.33. The Morgan fingerprint density at radius 1 is 1.29 bits per heavy atom. The summed E-state index contributed by atoms with van der Waals surface area (Å²) in [5, 5.41) is 10.9. The summed E-state index contributed by atoms with van der Waals surface area (Å²) < 4.78 is 11.7. The van der Waals surface area contributed by atoms with Crippen LogP contribution in [0.1, 0.15) is 56.3 Å². The zero-order chi connectivity index (χ0) is 14.7. The Bertz CT molecular complexity index is 466. The van der Waals surface area contributed by atoms with Gasteiger partial charge >= 0.3 is 0 Å². The van der Waals surface area contributed by atoms with Crippen molar-refractivity contribution in [3.63, 3.8) is 0 Å². The molecule has 1 saturated carbocycles. The minimum absolute atomic E-state index is 0.106. The molecule has 2 aliphatic rings. The van der Waals surface area contributed by atoms with Crippen molar-refractivity contribution in [2.45, 2.75) is 57.7 Å². The van der Waals surface area contributed by atoms with Gasteiger partial charge in [0.1, 0.15) is 11.9 Å². The molecule has 0 saturated heterocycles. The first-order valence-electron chi connectivity index (χ1n) is 8.35. The van der Waals surface area contributed by atoms with E-state index in [0.29, 0.717) is 12.5 Å². The quantitative estimate of drug-likeness (QED) is 0.900. The highest BCUT2D eigenvalue weighted by molar-refractivity contribution is 5.45. The number of fused-ring (bicyclic) bond motifs is 1.